The molecule has 0 bridgehead atoms. The fourth-order valence-corrected chi connectivity index (χ4v) is 1.92. The predicted molar refractivity (Wildman–Crippen MR) is 61.9 cm³/mol. The third-order valence-electron chi connectivity index (χ3n) is 2.86. The highest BCUT2D eigenvalue weighted by Gasteiger charge is 2.36. The Hall–Kier alpha value is -1.75. The van der Waals surface area contributed by atoms with Crippen LogP contribution in [0.2, 0.25) is 0 Å². The van der Waals surface area contributed by atoms with Crippen molar-refractivity contribution < 1.29 is 9.59 Å². The lowest BCUT2D eigenvalue weighted by molar-refractivity contribution is -0.138. The average Bonchev–Trinajstić information content (AvgIpc) is 2.63. The lowest BCUT2D eigenvalue weighted by Crippen LogP contribution is -2.38. The number of pyridine rings is 1. The molecule has 2 amide bonds. The van der Waals surface area contributed by atoms with Gasteiger partial charge in [0.2, 0.25) is 11.8 Å². The molecule has 5 nitrogen and oxygen atoms in total. The van der Waals surface area contributed by atoms with Crippen molar-refractivity contribution in [3.8, 4) is 0 Å². The molecule has 1 N–H and O–H groups in total. The highest BCUT2D eigenvalue weighted by molar-refractivity contribution is 6.05. The van der Waals surface area contributed by atoms with Crippen molar-refractivity contribution in [2.24, 2.45) is 0 Å². The van der Waals surface area contributed by atoms with Gasteiger partial charge >= 0.3 is 0 Å². The number of likely N-dealkylation sites (tertiary alicyclic amines) is 1. The number of hydrogen-bond donors (Lipinski definition) is 1. The van der Waals surface area contributed by atoms with Gasteiger partial charge in [0.05, 0.1) is 12.5 Å². The van der Waals surface area contributed by atoms with Crippen LogP contribution in [0.3, 0.4) is 0 Å². The van der Waals surface area contributed by atoms with E-state index in [1.54, 1.807) is 19.3 Å². The van der Waals surface area contributed by atoms with Crippen molar-refractivity contribution in [2.45, 2.75) is 25.9 Å². The van der Waals surface area contributed by atoms with Crippen LogP contribution in [0.5, 0.6) is 0 Å². The second kappa shape index (κ2) is 5.05. The van der Waals surface area contributed by atoms with Gasteiger partial charge in [-0.25, -0.2) is 0 Å². The summed E-state index contributed by atoms with van der Waals surface area (Å²) in [5.74, 6) is -0.212. The van der Waals surface area contributed by atoms with Crippen LogP contribution >= 0.6 is 0 Å². The molecule has 5 heteroatoms. The number of imide groups is 1. The molecule has 1 saturated heterocycles. The molecule has 0 saturated carbocycles. The van der Waals surface area contributed by atoms with Crippen LogP contribution in [0.15, 0.2) is 24.5 Å². The first-order chi connectivity index (χ1) is 8.22. The molecular formula is C12H15N3O2. The zero-order valence-corrected chi connectivity index (χ0v) is 9.72. The summed E-state index contributed by atoms with van der Waals surface area (Å²) >= 11 is 0. The molecule has 1 unspecified atom stereocenters. The van der Waals surface area contributed by atoms with Crippen LogP contribution in [0.1, 0.15) is 18.9 Å². The van der Waals surface area contributed by atoms with Gasteiger partial charge in [-0.05, 0) is 24.6 Å². The molecule has 2 heterocycles. The molecule has 1 aromatic rings. The average molecular weight is 233 g/mol. The van der Waals surface area contributed by atoms with Gasteiger partial charge in [-0.1, -0.05) is 0 Å². The van der Waals surface area contributed by atoms with Crippen LogP contribution in [-0.2, 0) is 16.1 Å². The second-order valence-electron chi connectivity index (χ2n) is 3.97. The van der Waals surface area contributed by atoms with E-state index in [-0.39, 0.29) is 24.3 Å². The number of likely N-dealkylation sites (N-methyl/N-ethyl adjacent to an activating group) is 1. The van der Waals surface area contributed by atoms with E-state index in [0.29, 0.717) is 13.1 Å². The zero-order chi connectivity index (χ0) is 12.3. The number of carbonyl (C=O) groups excluding carboxylic acids is 2. The van der Waals surface area contributed by atoms with Crippen LogP contribution in [0, 0.1) is 0 Å². The summed E-state index contributed by atoms with van der Waals surface area (Å²) in [5, 5.41) is 3.10. The fraction of sp³-hybridized carbons (Fsp3) is 0.417. The fourth-order valence-electron chi connectivity index (χ4n) is 1.92. The lowest BCUT2D eigenvalue weighted by Gasteiger charge is -2.12. The van der Waals surface area contributed by atoms with Crippen LogP contribution < -0.4 is 5.32 Å². The topological polar surface area (TPSA) is 62.3 Å². The van der Waals surface area contributed by atoms with Crippen molar-refractivity contribution in [3.05, 3.63) is 30.1 Å². The Balaban J connectivity index is 1.93. The Bertz CT molecular complexity index is 419. The molecule has 0 radical (unpaired) electrons. The number of rotatable bonds is 4. The van der Waals surface area contributed by atoms with Gasteiger partial charge in [0.25, 0.3) is 0 Å². The van der Waals surface area contributed by atoms with E-state index >= 15 is 0 Å². The van der Waals surface area contributed by atoms with E-state index in [4.69, 9.17) is 0 Å². The molecule has 17 heavy (non-hydrogen) atoms. The molecule has 1 fully saturated rings. The Morgan fingerprint density at radius 3 is 2.71 bits per heavy atom. The number of nitrogens with zero attached hydrogens (tertiary/aromatic N) is 2. The maximum Gasteiger partial charge on any atom is 0.246 e. The minimum absolute atomic E-state index is 0.0928. The minimum Gasteiger partial charge on any atom is -0.301 e. The van der Waals surface area contributed by atoms with Gasteiger partial charge in [0.15, 0.2) is 0 Å². The molecule has 2 rings (SSSR count). The monoisotopic (exact) mass is 233 g/mol. The minimum atomic E-state index is -0.379. The van der Waals surface area contributed by atoms with Crippen molar-refractivity contribution in [3.63, 3.8) is 0 Å². The number of carbonyl (C=O) groups is 2. The first-order valence-electron chi connectivity index (χ1n) is 5.69. The molecule has 0 aromatic carbocycles. The van der Waals surface area contributed by atoms with Gasteiger partial charge in [-0.2, -0.15) is 0 Å². The lowest BCUT2D eigenvalue weighted by atomic mass is 10.2. The second-order valence-corrected chi connectivity index (χ2v) is 3.97. The Labute approximate surface area is 99.8 Å². The largest absolute Gasteiger partial charge is 0.301 e. The number of hydrogen-bond acceptors (Lipinski definition) is 4. The van der Waals surface area contributed by atoms with Crippen molar-refractivity contribution in [1.29, 1.82) is 0 Å². The normalized spacial score (nSPS) is 20.1. The molecular weight excluding hydrogens is 218 g/mol. The van der Waals surface area contributed by atoms with E-state index < -0.39 is 0 Å². The highest BCUT2D eigenvalue weighted by Crippen LogP contribution is 2.13. The molecule has 90 valence electrons. The van der Waals surface area contributed by atoms with Crippen LogP contribution in [0.25, 0.3) is 0 Å². The van der Waals surface area contributed by atoms with E-state index in [2.05, 4.69) is 10.3 Å². The number of aromatic nitrogens is 1. The van der Waals surface area contributed by atoms with Gasteiger partial charge in [0.1, 0.15) is 0 Å². The van der Waals surface area contributed by atoms with Gasteiger partial charge < -0.3 is 5.32 Å². The molecule has 1 aliphatic heterocycles. The molecule has 0 spiro atoms. The first-order valence-corrected chi connectivity index (χ1v) is 5.69. The van der Waals surface area contributed by atoms with Gasteiger partial charge in [0, 0.05) is 25.5 Å². The van der Waals surface area contributed by atoms with E-state index in [1.807, 2.05) is 12.1 Å². The maximum absolute atomic E-state index is 11.8. The van der Waals surface area contributed by atoms with E-state index in [9.17, 15) is 9.59 Å². The zero-order valence-electron chi connectivity index (χ0n) is 9.72. The Morgan fingerprint density at radius 2 is 2.12 bits per heavy atom. The summed E-state index contributed by atoms with van der Waals surface area (Å²) < 4.78 is 0. The molecule has 1 aliphatic rings. The maximum atomic E-state index is 11.8. The van der Waals surface area contributed by atoms with E-state index in [1.165, 1.54) is 4.90 Å². The smallest absolute Gasteiger partial charge is 0.246 e. The Kier molecular flexibility index (Phi) is 3.49. The van der Waals surface area contributed by atoms with Crippen LogP contribution in [0.4, 0.5) is 0 Å². The number of nitrogens with one attached hydrogen (secondary N) is 1. The van der Waals surface area contributed by atoms with E-state index in [0.717, 1.165) is 5.56 Å². The molecule has 0 aliphatic carbocycles. The summed E-state index contributed by atoms with van der Waals surface area (Å²) in [7, 11) is 0. The number of amides is 2. The standard InChI is InChI=1S/C12H15N3O2/c1-2-15-11(16)7-10(12(15)17)14-8-9-3-5-13-6-4-9/h3-6,10,14H,2,7-8H2,1H3. The third-order valence-corrected chi connectivity index (χ3v) is 2.86. The molecule has 1 atom stereocenters. The van der Waals surface area contributed by atoms with Crippen molar-refractivity contribution in [2.75, 3.05) is 6.54 Å². The SMILES string of the molecule is CCN1C(=O)CC(NCc2ccncc2)C1=O. The summed E-state index contributed by atoms with van der Waals surface area (Å²) in [6.45, 7) is 2.83. The summed E-state index contributed by atoms with van der Waals surface area (Å²) in [4.78, 5) is 28.5. The van der Waals surface area contributed by atoms with Crippen LogP contribution in [-0.4, -0.2) is 34.3 Å². The molecule has 1 aromatic heterocycles. The van der Waals surface area contributed by atoms with Gasteiger partial charge in [-0.15, -0.1) is 0 Å². The van der Waals surface area contributed by atoms with Gasteiger partial charge in [-0.3, -0.25) is 19.5 Å². The summed E-state index contributed by atoms with van der Waals surface area (Å²) in [6, 6.07) is 3.38. The first kappa shape index (κ1) is 11.7. The quantitative estimate of drug-likeness (QED) is 0.761. The Morgan fingerprint density at radius 1 is 1.41 bits per heavy atom. The summed E-state index contributed by atoms with van der Waals surface area (Å²) in [6.07, 6.45) is 3.67. The summed E-state index contributed by atoms with van der Waals surface area (Å²) in [5.41, 5.74) is 1.05. The highest BCUT2D eigenvalue weighted by atomic mass is 16.2. The third kappa shape index (κ3) is 2.50. The predicted octanol–water partition coefficient (Wildman–Crippen LogP) is 0.319. The van der Waals surface area contributed by atoms with Crippen molar-refractivity contribution in [1.82, 2.24) is 15.2 Å². The van der Waals surface area contributed by atoms with Crippen molar-refractivity contribution >= 4 is 11.8 Å².